The smallest absolute Gasteiger partial charge is 0.273 e. The van der Waals surface area contributed by atoms with Crippen LogP contribution in [0.1, 0.15) is 31.8 Å². The molecule has 0 aliphatic carbocycles. The van der Waals surface area contributed by atoms with Crippen LogP contribution < -0.4 is 10.6 Å². The largest absolute Gasteiger partial charge is 0.322 e. The Kier molecular flexibility index (Phi) is 5.69. The van der Waals surface area contributed by atoms with Crippen LogP contribution in [-0.4, -0.2) is 16.7 Å². The summed E-state index contributed by atoms with van der Waals surface area (Å²) in [5.74, 6) is -0.663. The molecule has 3 rings (SSSR count). The first-order valence-corrected chi connectivity index (χ1v) is 8.89. The molecule has 3 aromatic rings. The molecule has 146 valence electrons. The number of amides is 2. The van der Waals surface area contributed by atoms with E-state index in [-0.39, 0.29) is 17.2 Å². The Morgan fingerprint density at radius 1 is 0.862 bits per heavy atom. The summed E-state index contributed by atoms with van der Waals surface area (Å²) in [5.41, 5.74) is 2.90. The molecule has 2 amide bonds. The van der Waals surface area contributed by atoms with Crippen LogP contribution in [0.15, 0.2) is 66.7 Å². The molecule has 0 saturated heterocycles. The molecule has 0 saturated carbocycles. The highest BCUT2D eigenvalue weighted by Gasteiger charge is 2.18. The van der Waals surface area contributed by atoms with Crippen molar-refractivity contribution in [1.29, 1.82) is 0 Å². The predicted octanol–water partition coefficient (Wildman–Crippen LogP) is 4.72. The SMILES string of the molecule is Cc1cc(NC(=O)c2cccc([N+](=O)[O-])c2C)ccc1NC(=O)c1ccccc1. The fourth-order valence-corrected chi connectivity index (χ4v) is 2.93. The zero-order chi connectivity index (χ0) is 21.0. The average molecular weight is 389 g/mol. The highest BCUT2D eigenvalue weighted by Crippen LogP contribution is 2.24. The third-order valence-electron chi connectivity index (χ3n) is 4.51. The lowest BCUT2D eigenvalue weighted by Gasteiger charge is -2.12. The number of carbonyl (C=O) groups is 2. The second kappa shape index (κ2) is 8.35. The highest BCUT2D eigenvalue weighted by atomic mass is 16.6. The van der Waals surface area contributed by atoms with Gasteiger partial charge in [0.1, 0.15) is 0 Å². The van der Waals surface area contributed by atoms with Crippen LogP contribution in [0.25, 0.3) is 0 Å². The standard InChI is InChI=1S/C22H19N3O4/c1-14-13-17(11-12-19(14)24-21(26)16-7-4-3-5-8-16)23-22(27)18-9-6-10-20(15(18)2)25(28)29/h3-13H,1-2H3,(H,23,27)(H,24,26). The van der Waals surface area contributed by atoms with E-state index in [1.807, 2.05) is 13.0 Å². The Bertz CT molecular complexity index is 1090. The van der Waals surface area contributed by atoms with Gasteiger partial charge in [0.25, 0.3) is 17.5 Å². The minimum absolute atomic E-state index is 0.104. The number of carbonyl (C=O) groups excluding carboxylic acids is 2. The summed E-state index contributed by atoms with van der Waals surface area (Å²) in [5, 5.41) is 16.7. The second-order valence-corrected chi connectivity index (χ2v) is 6.51. The predicted molar refractivity (Wildman–Crippen MR) is 111 cm³/mol. The fraction of sp³-hybridized carbons (Fsp3) is 0.0909. The van der Waals surface area contributed by atoms with Crippen molar-refractivity contribution in [2.75, 3.05) is 10.6 Å². The first kappa shape index (κ1) is 19.8. The van der Waals surface area contributed by atoms with Crippen molar-refractivity contribution in [3.8, 4) is 0 Å². The van der Waals surface area contributed by atoms with Gasteiger partial charge in [-0.15, -0.1) is 0 Å². The van der Waals surface area contributed by atoms with Gasteiger partial charge in [0.05, 0.1) is 4.92 Å². The van der Waals surface area contributed by atoms with Crippen LogP contribution in [0.3, 0.4) is 0 Å². The summed E-state index contributed by atoms with van der Waals surface area (Å²) in [7, 11) is 0. The van der Waals surface area contributed by atoms with Crippen molar-refractivity contribution in [2.45, 2.75) is 13.8 Å². The highest BCUT2D eigenvalue weighted by molar-refractivity contribution is 6.07. The van der Waals surface area contributed by atoms with Crippen molar-refractivity contribution >= 4 is 28.9 Å². The van der Waals surface area contributed by atoms with E-state index in [9.17, 15) is 19.7 Å². The quantitative estimate of drug-likeness (QED) is 0.487. The minimum Gasteiger partial charge on any atom is -0.322 e. The number of anilines is 2. The molecule has 0 radical (unpaired) electrons. The van der Waals surface area contributed by atoms with E-state index in [4.69, 9.17) is 0 Å². The molecule has 0 unspecified atom stereocenters. The number of nitro benzene ring substituents is 1. The molecule has 7 heteroatoms. The molecule has 29 heavy (non-hydrogen) atoms. The van der Waals surface area contributed by atoms with Gasteiger partial charge in [-0.1, -0.05) is 24.3 Å². The molecular weight excluding hydrogens is 370 g/mol. The molecule has 3 aromatic carbocycles. The topological polar surface area (TPSA) is 101 Å². The first-order chi connectivity index (χ1) is 13.9. The zero-order valence-corrected chi connectivity index (χ0v) is 15.9. The van der Waals surface area contributed by atoms with Crippen LogP contribution in [-0.2, 0) is 0 Å². The molecule has 0 atom stereocenters. The normalized spacial score (nSPS) is 10.3. The molecule has 0 aromatic heterocycles. The lowest BCUT2D eigenvalue weighted by molar-refractivity contribution is -0.385. The number of nitro groups is 1. The third-order valence-corrected chi connectivity index (χ3v) is 4.51. The van der Waals surface area contributed by atoms with Gasteiger partial charge in [-0.25, -0.2) is 0 Å². The van der Waals surface area contributed by atoms with Crippen LogP contribution in [0.4, 0.5) is 17.1 Å². The number of nitrogens with one attached hydrogen (secondary N) is 2. The van der Waals surface area contributed by atoms with Gasteiger partial charge in [-0.3, -0.25) is 19.7 Å². The Morgan fingerprint density at radius 3 is 2.24 bits per heavy atom. The van der Waals surface area contributed by atoms with Gasteiger partial charge in [0, 0.05) is 34.1 Å². The summed E-state index contributed by atoms with van der Waals surface area (Å²) in [6.45, 7) is 3.36. The number of rotatable bonds is 5. The molecular formula is C22H19N3O4. The van der Waals surface area contributed by atoms with Crippen molar-refractivity contribution in [3.63, 3.8) is 0 Å². The van der Waals surface area contributed by atoms with Gasteiger partial charge in [-0.2, -0.15) is 0 Å². The van der Waals surface area contributed by atoms with E-state index < -0.39 is 10.8 Å². The number of benzene rings is 3. The monoisotopic (exact) mass is 389 g/mol. The summed E-state index contributed by atoms with van der Waals surface area (Å²) < 4.78 is 0. The maximum atomic E-state index is 12.6. The number of nitrogens with zero attached hydrogens (tertiary/aromatic N) is 1. The molecule has 7 nitrogen and oxygen atoms in total. The van der Waals surface area contributed by atoms with Crippen molar-refractivity contribution in [2.24, 2.45) is 0 Å². The van der Waals surface area contributed by atoms with E-state index in [1.54, 1.807) is 55.5 Å². The summed E-state index contributed by atoms with van der Waals surface area (Å²) in [4.78, 5) is 35.4. The van der Waals surface area contributed by atoms with E-state index in [1.165, 1.54) is 12.1 Å². The van der Waals surface area contributed by atoms with Crippen molar-refractivity contribution in [3.05, 3.63) is 99.1 Å². The van der Waals surface area contributed by atoms with Crippen molar-refractivity contribution in [1.82, 2.24) is 0 Å². The number of hydrogen-bond donors (Lipinski definition) is 2. The average Bonchev–Trinajstić information content (AvgIpc) is 2.70. The fourth-order valence-electron chi connectivity index (χ4n) is 2.93. The first-order valence-electron chi connectivity index (χ1n) is 8.89. The number of hydrogen-bond acceptors (Lipinski definition) is 4. The summed E-state index contributed by atoms with van der Waals surface area (Å²) >= 11 is 0. The second-order valence-electron chi connectivity index (χ2n) is 6.51. The molecule has 0 fully saturated rings. The Balaban J connectivity index is 1.76. The minimum atomic E-state index is -0.513. The maximum absolute atomic E-state index is 12.6. The molecule has 0 aliphatic rings. The number of aryl methyl sites for hydroxylation is 1. The van der Waals surface area contributed by atoms with E-state index in [0.29, 0.717) is 22.5 Å². The molecule has 0 spiro atoms. The lowest BCUT2D eigenvalue weighted by Crippen LogP contribution is -2.15. The van der Waals surface area contributed by atoms with Gasteiger partial charge in [0.2, 0.25) is 0 Å². The van der Waals surface area contributed by atoms with Gasteiger partial charge >= 0.3 is 0 Å². The van der Waals surface area contributed by atoms with Gasteiger partial charge < -0.3 is 10.6 Å². The van der Waals surface area contributed by atoms with E-state index >= 15 is 0 Å². The Hall–Kier alpha value is -4.00. The molecule has 2 N–H and O–H groups in total. The maximum Gasteiger partial charge on any atom is 0.273 e. The third kappa shape index (κ3) is 4.47. The van der Waals surface area contributed by atoms with Gasteiger partial charge in [-0.05, 0) is 55.8 Å². The van der Waals surface area contributed by atoms with Crippen LogP contribution in [0.5, 0.6) is 0 Å². The van der Waals surface area contributed by atoms with E-state index in [2.05, 4.69) is 10.6 Å². The Morgan fingerprint density at radius 2 is 1.59 bits per heavy atom. The van der Waals surface area contributed by atoms with Crippen LogP contribution in [0, 0.1) is 24.0 Å². The van der Waals surface area contributed by atoms with E-state index in [0.717, 1.165) is 5.56 Å². The molecule has 0 heterocycles. The van der Waals surface area contributed by atoms with Crippen molar-refractivity contribution < 1.29 is 14.5 Å². The molecule has 0 aliphatic heterocycles. The zero-order valence-electron chi connectivity index (χ0n) is 15.9. The summed E-state index contributed by atoms with van der Waals surface area (Å²) in [6.07, 6.45) is 0. The lowest BCUT2D eigenvalue weighted by atomic mass is 10.1. The van der Waals surface area contributed by atoms with Crippen LogP contribution in [0.2, 0.25) is 0 Å². The molecule has 0 bridgehead atoms. The Labute approximate surface area is 167 Å². The van der Waals surface area contributed by atoms with Crippen LogP contribution >= 0.6 is 0 Å². The summed E-state index contributed by atoms with van der Waals surface area (Å²) in [6, 6.07) is 18.3. The van der Waals surface area contributed by atoms with Gasteiger partial charge in [0.15, 0.2) is 0 Å².